The number of hydrogen-bond acceptors (Lipinski definition) is 3. The standard InChI is InChI=1S/C24H33N2O.CH2O2/c1-20-12-11-13-21(2)24(20)25(3)23(27)19-26(16-9-4-5-10-17-26)18-22-14-7-6-8-15-22;2-1-3/h6-8,11-15H,4-5,9-10,16-19H2,1-3H3;1H,(H,2,3)/q+1;/p-1. The lowest BCUT2D eigenvalue weighted by Crippen LogP contribution is -2.53. The number of nitrogens with zero attached hydrogens (tertiary/aromatic N) is 2. The van der Waals surface area contributed by atoms with Crippen LogP contribution in [0.3, 0.4) is 0 Å². The van der Waals surface area contributed by atoms with Crippen LogP contribution in [0.25, 0.3) is 0 Å². The number of likely N-dealkylation sites (tertiary alicyclic amines) is 1. The fraction of sp³-hybridized carbons (Fsp3) is 0.440. The zero-order valence-corrected chi connectivity index (χ0v) is 18.5. The van der Waals surface area contributed by atoms with Gasteiger partial charge >= 0.3 is 0 Å². The van der Waals surface area contributed by atoms with E-state index < -0.39 is 6.47 Å². The van der Waals surface area contributed by atoms with E-state index in [0.29, 0.717) is 6.54 Å². The summed E-state index contributed by atoms with van der Waals surface area (Å²) in [7, 11) is 1.94. The molecule has 5 heteroatoms. The Morgan fingerprint density at radius 2 is 1.50 bits per heavy atom. The average molecular weight is 411 g/mol. The van der Waals surface area contributed by atoms with E-state index >= 15 is 0 Å². The van der Waals surface area contributed by atoms with Gasteiger partial charge in [0.15, 0.2) is 6.54 Å². The molecule has 0 aliphatic carbocycles. The Morgan fingerprint density at radius 1 is 0.967 bits per heavy atom. The molecule has 0 spiro atoms. The topological polar surface area (TPSA) is 60.4 Å². The van der Waals surface area contributed by atoms with Gasteiger partial charge in [-0.05, 0) is 50.7 Å². The predicted molar refractivity (Wildman–Crippen MR) is 119 cm³/mol. The lowest BCUT2D eigenvalue weighted by Gasteiger charge is -2.38. The van der Waals surface area contributed by atoms with Crippen molar-refractivity contribution in [3.05, 3.63) is 65.2 Å². The smallest absolute Gasteiger partial charge is 0.281 e. The molecule has 0 N–H and O–H groups in total. The molecule has 2 aromatic rings. The van der Waals surface area contributed by atoms with E-state index in [9.17, 15) is 4.79 Å². The van der Waals surface area contributed by atoms with Gasteiger partial charge in [0.05, 0.1) is 13.1 Å². The summed E-state index contributed by atoms with van der Waals surface area (Å²) in [4.78, 5) is 23.5. The Hall–Kier alpha value is -2.66. The number of hydrogen-bond donors (Lipinski definition) is 0. The predicted octanol–water partition coefficient (Wildman–Crippen LogP) is 3.22. The fourth-order valence-electron chi connectivity index (χ4n) is 4.56. The highest BCUT2D eigenvalue weighted by Crippen LogP contribution is 2.26. The molecule has 0 atom stereocenters. The summed E-state index contributed by atoms with van der Waals surface area (Å²) >= 11 is 0. The average Bonchev–Trinajstić information content (AvgIpc) is 2.94. The molecule has 0 aromatic heterocycles. The number of rotatable bonds is 5. The van der Waals surface area contributed by atoms with Crippen molar-refractivity contribution in [2.45, 2.75) is 46.1 Å². The second kappa shape index (κ2) is 11.5. The molecular weight excluding hydrogens is 376 g/mol. The second-order valence-corrected chi connectivity index (χ2v) is 8.29. The van der Waals surface area contributed by atoms with Gasteiger partial charge in [-0.15, -0.1) is 0 Å². The second-order valence-electron chi connectivity index (χ2n) is 8.29. The van der Waals surface area contributed by atoms with Crippen molar-refractivity contribution >= 4 is 18.1 Å². The highest BCUT2D eigenvalue weighted by molar-refractivity contribution is 5.95. The molecule has 3 rings (SSSR count). The zero-order valence-electron chi connectivity index (χ0n) is 18.5. The largest absolute Gasteiger partial charge is 0.554 e. The third kappa shape index (κ3) is 6.42. The first-order chi connectivity index (χ1) is 14.4. The van der Waals surface area contributed by atoms with Crippen molar-refractivity contribution in [3.8, 4) is 0 Å². The van der Waals surface area contributed by atoms with Crippen molar-refractivity contribution in [3.63, 3.8) is 0 Å². The van der Waals surface area contributed by atoms with Crippen molar-refractivity contribution in [1.29, 1.82) is 0 Å². The Morgan fingerprint density at radius 3 is 2.03 bits per heavy atom. The third-order valence-corrected chi connectivity index (χ3v) is 6.00. The number of quaternary nitrogens is 1. The number of likely N-dealkylation sites (N-methyl/N-ethyl adjacent to an activating group) is 1. The van der Waals surface area contributed by atoms with Crippen LogP contribution >= 0.6 is 0 Å². The van der Waals surface area contributed by atoms with E-state index in [-0.39, 0.29) is 5.91 Å². The molecule has 0 radical (unpaired) electrons. The molecule has 162 valence electrons. The van der Waals surface area contributed by atoms with Crippen LogP contribution in [0.5, 0.6) is 0 Å². The van der Waals surface area contributed by atoms with E-state index in [2.05, 4.69) is 62.4 Å². The number of benzene rings is 2. The van der Waals surface area contributed by atoms with E-state index in [1.807, 2.05) is 11.9 Å². The quantitative estimate of drug-likeness (QED) is 0.562. The fourth-order valence-corrected chi connectivity index (χ4v) is 4.56. The first-order valence-corrected chi connectivity index (χ1v) is 10.7. The summed E-state index contributed by atoms with van der Waals surface area (Å²) in [5.74, 6) is 0.227. The molecule has 30 heavy (non-hydrogen) atoms. The molecule has 1 fully saturated rings. The molecule has 2 aromatic carbocycles. The van der Waals surface area contributed by atoms with Crippen molar-refractivity contribution in [1.82, 2.24) is 0 Å². The molecule has 0 saturated carbocycles. The molecule has 1 amide bonds. The van der Waals surface area contributed by atoms with Crippen LogP contribution in [0.1, 0.15) is 42.4 Å². The van der Waals surface area contributed by atoms with Crippen LogP contribution in [0.4, 0.5) is 5.69 Å². The van der Waals surface area contributed by atoms with Gasteiger partial charge in [0.1, 0.15) is 6.54 Å². The van der Waals surface area contributed by atoms with Gasteiger partial charge in [-0.2, -0.15) is 0 Å². The first kappa shape index (κ1) is 23.6. The van der Waals surface area contributed by atoms with E-state index in [1.54, 1.807) is 0 Å². The van der Waals surface area contributed by atoms with E-state index in [0.717, 1.165) is 40.9 Å². The highest BCUT2D eigenvalue weighted by atomic mass is 16.3. The summed E-state index contributed by atoms with van der Waals surface area (Å²) in [5.41, 5.74) is 4.73. The molecule has 0 unspecified atom stereocenters. The van der Waals surface area contributed by atoms with Crippen LogP contribution in [0.2, 0.25) is 0 Å². The number of carbonyl (C=O) groups excluding carboxylic acids is 2. The molecule has 1 aliphatic heterocycles. The maximum absolute atomic E-state index is 13.3. The molecule has 5 nitrogen and oxygen atoms in total. The summed E-state index contributed by atoms with van der Waals surface area (Å²) in [6.45, 7) is 7.41. The zero-order chi connectivity index (χ0) is 22.0. The van der Waals surface area contributed by atoms with Crippen molar-refractivity contribution in [2.24, 2.45) is 0 Å². The number of para-hydroxylation sites is 1. The summed E-state index contributed by atoms with van der Waals surface area (Å²) in [6.07, 6.45) is 5.01. The Labute approximate surface area is 180 Å². The first-order valence-electron chi connectivity index (χ1n) is 10.7. The van der Waals surface area contributed by atoms with Gasteiger partial charge in [0.25, 0.3) is 5.91 Å². The number of amides is 1. The molecule has 1 heterocycles. The minimum absolute atomic E-state index is 0.227. The molecular formula is C25H34N2O3. The number of carboxylic acid groups (broad SMARTS) is 1. The minimum atomic E-state index is -0.500. The summed E-state index contributed by atoms with van der Waals surface area (Å²) < 4.78 is 0.887. The van der Waals surface area contributed by atoms with Gasteiger partial charge in [0.2, 0.25) is 0 Å². The van der Waals surface area contributed by atoms with Crippen LogP contribution in [0, 0.1) is 13.8 Å². The molecule has 1 aliphatic rings. The number of aryl methyl sites for hydroxylation is 2. The van der Waals surface area contributed by atoms with E-state index in [4.69, 9.17) is 9.90 Å². The Kier molecular flexibility index (Phi) is 9.06. The Bertz CT molecular complexity index is 792. The summed E-state index contributed by atoms with van der Waals surface area (Å²) in [6, 6.07) is 16.9. The van der Waals surface area contributed by atoms with Gasteiger partial charge in [-0.25, -0.2) is 0 Å². The van der Waals surface area contributed by atoms with Crippen molar-refractivity contribution in [2.75, 3.05) is 31.6 Å². The lowest BCUT2D eigenvalue weighted by molar-refractivity contribution is -0.932. The van der Waals surface area contributed by atoms with Gasteiger partial charge in [0, 0.05) is 24.8 Å². The summed E-state index contributed by atoms with van der Waals surface area (Å²) in [5, 5.41) is 8.25. The van der Waals surface area contributed by atoms with Crippen LogP contribution in [0.15, 0.2) is 48.5 Å². The van der Waals surface area contributed by atoms with E-state index in [1.165, 1.54) is 31.2 Å². The Balaban J connectivity index is 0.00000101. The molecule has 1 saturated heterocycles. The lowest BCUT2D eigenvalue weighted by atomic mass is 10.1. The third-order valence-electron chi connectivity index (χ3n) is 6.00. The van der Waals surface area contributed by atoms with Crippen LogP contribution < -0.4 is 10.0 Å². The monoisotopic (exact) mass is 410 g/mol. The maximum Gasteiger partial charge on any atom is 0.281 e. The normalized spacial score (nSPS) is 15.3. The number of carbonyl (C=O) groups is 2. The van der Waals surface area contributed by atoms with Crippen LogP contribution in [-0.4, -0.2) is 43.5 Å². The maximum atomic E-state index is 13.3. The van der Waals surface area contributed by atoms with Gasteiger partial charge < -0.3 is 19.3 Å². The minimum Gasteiger partial charge on any atom is -0.554 e. The van der Waals surface area contributed by atoms with Crippen molar-refractivity contribution < 1.29 is 19.2 Å². The van der Waals surface area contributed by atoms with Gasteiger partial charge in [-0.1, -0.05) is 48.5 Å². The number of anilines is 1. The van der Waals surface area contributed by atoms with Crippen LogP contribution in [-0.2, 0) is 16.1 Å². The molecule has 0 bridgehead atoms. The SMILES string of the molecule is Cc1cccc(C)c1N(C)C(=O)C[N+]1(Cc2ccccc2)CCCCCC1.O=C[O-]. The van der Waals surface area contributed by atoms with Gasteiger partial charge in [-0.3, -0.25) is 4.79 Å². The highest BCUT2D eigenvalue weighted by Gasteiger charge is 2.33.